The predicted octanol–water partition coefficient (Wildman–Crippen LogP) is 3.52. The van der Waals surface area contributed by atoms with Gasteiger partial charge in [-0.2, -0.15) is 0 Å². The summed E-state index contributed by atoms with van der Waals surface area (Å²) in [5, 5.41) is 0. The molecule has 2 heteroatoms. The average Bonchev–Trinajstić information content (AvgIpc) is 2.03. The summed E-state index contributed by atoms with van der Waals surface area (Å²) < 4.78 is 11.2. The second-order valence-electron chi connectivity index (χ2n) is 3.82. The molecule has 0 aliphatic heterocycles. The molecule has 0 spiro atoms. The summed E-state index contributed by atoms with van der Waals surface area (Å²) in [5.74, 6) is -0.407. The molecule has 0 N–H and O–H groups in total. The van der Waals surface area contributed by atoms with Gasteiger partial charge in [0.15, 0.2) is 5.79 Å². The van der Waals surface area contributed by atoms with Crippen molar-refractivity contribution in [1.82, 2.24) is 0 Å². The maximum atomic E-state index is 5.60. The highest BCUT2D eigenvalue weighted by atomic mass is 16.7. The molecule has 0 radical (unpaired) electrons. The molecule has 0 aliphatic carbocycles. The Bertz CT molecular complexity index is 163. The van der Waals surface area contributed by atoms with Crippen molar-refractivity contribution in [3.63, 3.8) is 0 Å². The first-order valence-corrected chi connectivity index (χ1v) is 5.45. The van der Waals surface area contributed by atoms with Crippen molar-refractivity contribution >= 4 is 0 Å². The molecule has 0 unspecified atom stereocenters. The SMILES string of the molecule is CCOC(C)(CCC=C(C)C)OCC. The molecule has 2 nitrogen and oxygen atoms in total. The first kappa shape index (κ1) is 13.7. The van der Waals surface area contributed by atoms with Gasteiger partial charge in [-0.25, -0.2) is 0 Å². The Labute approximate surface area is 88.3 Å². The summed E-state index contributed by atoms with van der Waals surface area (Å²) in [5.41, 5.74) is 1.35. The fourth-order valence-corrected chi connectivity index (χ4v) is 1.42. The monoisotopic (exact) mass is 200 g/mol. The molecule has 0 aliphatic rings. The molecule has 0 fully saturated rings. The van der Waals surface area contributed by atoms with Crippen LogP contribution in [0.4, 0.5) is 0 Å². The van der Waals surface area contributed by atoms with Crippen LogP contribution in [0.15, 0.2) is 11.6 Å². The molecule has 0 aromatic carbocycles. The summed E-state index contributed by atoms with van der Waals surface area (Å²) >= 11 is 0. The molecule has 0 saturated carbocycles. The highest BCUT2D eigenvalue weighted by Crippen LogP contribution is 2.20. The zero-order valence-electron chi connectivity index (χ0n) is 10.2. The lowest BCUT2D eigenvalue weighted by Crippen LogP contribution is -2.32. The first-order chi connectivity index (χ1) is 6.54. The fraction of sp³-hybridized carbons (Fsp3) is 0.833. The summed E-state index contributed by atoms with van der Waals surface area (Å²) in [4.78, 5) is 0. The Hall–Kier alpha value is -0.340. The summed E-state index contributed by atoms with van der Waals surface area (Å²) in [6.45, 7) is 11.6. The molecule has 14 heavy (non-hydrogen) atoms. The number of ether oxygens (including phenoxy) is 2. The van der Waals surface area contributed by atoms with Crippen molar-refractivity contribution in [3.05, 3.63) is 11.6 Å². The van der Waals surface area contributed by atoms with Crippen molar-refractivity contribution in [3.8, 4) is 0 Å². The van der Waals surface area contributed by atoms with Gasteiger partial charge in [-0.3, -0.25) is 0 Å². The van der Waals surface area contributed by atoms with Gasteiger partial charge >= 0.3 is 0 Å². The van der Waals surface area contributed by atoms with E-state index in [1.807, 2.05) is 20.8 Å². The predicted molar refractivity (Wildman–Crippen MR) is 60.3 cm³/mol. The van der Waals surface area contributed by atoms with Crippen LogP contribution < -0.4 is 0 Å². The third-order valence-electron chi connectivity index (χ3n) is 2.05. The fourth-order valence-electron chi connectivity index (χ4n) is 1.42. The van der Waals surface area contributed by atoms with Crippen LogP contribution in [0.1, 0.15) is 47.5 Å². The molecule has 0 bridgehead atoms. The van der Waals surface area contributed by atoms with Crippen molar-refractivity contribution in [1.29, 1.82) is 0 Å². The number of hydrogen-bond acceptors (Lipinski definition) is 2. The van der Waals surface area contributed by atoms with Crippen molar-refractivity contribution in [2.45, 2.75) is 53.2 Å². The van der Waals surface area contributed by atoms with Crippen molar-refractivity contribution in [2.24, 2.45) is 0 Å². The lowest BCUT2D eigenvalue weighted by Gasteiger charge is -2.28. The van der Waals surface area contributed by atoms with E-state index in [2.05, 4.69) is 19.9 Å². The minimum atomic E-state index is -0.407. The van der Waals surface area contributed by atoms with Crippen molar-refractivity contribution < 1.29 is 9.47 Å². The van der Waals surface area contributed by atoms with E-state index in [4.69, 9.17) is 9.47 Å². The summed E-state index contributed by atoms with van der Waals surface area (Å²) in [6.07, 6.45) is 4.15. The van der Waals surface area contributed by atoms with Gasteiger partial charge in [-0.1, -0.05) is 11.6 Å². The average molecular weight is 200 g/mol. The largest absolute Gasteiger partial charge is 0.351 e. The molecule has 84 valence electrons. The van der Waals surface area contributed by atoms with Gasteiger partial charge in [0.1, 0.15) is 0 Å². The van der Waals surface area contributed by atoms with Gasteiger partial charge in [-0.05, 0) is 41.0 Å². The lowest BCUT2D eigenvalue weighted by molar-refractivity contribution is -0.223. The molecule has 0 rings (SSSR count). The van der Waals surface area contributed by atoms with Crippen LogP contribution in [-0.2, 0) is 9.47 Å². The zero-order valence-corrected chi connectivity index (χ0v) is 10.2. The van der Waals surface area contributed by atoms with E-state index >= 15 is 0 Å². The summed E-state index contributed by atoms with van der Waals surface area (Å²) in [6, 6.07) is 0. The quantitative estimate of drug-likeness (QED) is 0.462. The standard InChI is InChI=1S/C12H24O2/c1-6-13-12(5,14-7-2)10-8-9-11(3)4/h9H,6-8,10H2,1-5H3. The molecule has 0 atom stereocenters. The van der Waals surface area contributed by atoms with Gasteiger partial charge in [0.2, 0.25) is 0 Å². The molecule has 0 aromatic rings. The lowest BCUT2D eigenvalue weighted by atomic mass is 10.1. The molecular formula is C12H24O2. The van der Waals surface area contributed by atoms with Crippen LogP contribution >= 0.6 is 0 Å². The Kier molecular flexibility index (Phi) is 6.85. The van der Waals surface area contributed by atoms with E-state index in [1.165, 1.54) is 5.57 Å². The molecule has 0 aromatic heterocycles. The van der Waals surface area contributed by atoms with E-state index in [-0.39, 0.29) is 0 Å². The van der Waals surface area contributed by atoms with Crippen LogP contribution in [0.2, 0.25) is 0 Å². The van der Waals surface area contributed by atoms with E-state index in [1.54, 1.807) is 0 Å². The normalized spacial score (nSPS) is 11.5. The van der Waals surface area contributed by atoms with Gasteiger partial charge in [0.25, 0.3) is 0 Å². The van der Waals surface area contributed by atoms with E-state index in [0.29, 0.717) is 13.2 Å². The van der Waals surface area contributed by atoms with Gasteiger partial charge in [-0.15, -0.1) is 0 Å². The van der Waals surface area contributed by atoms with Gasteiger partial charge in [0.05, 0.1) is 0 Å². The van der Waals surface area contributed by atoms with Crippen LogP contribution in [0.25, 0.3) is 0 Å². The van der Waals surface area contributed by atoms with Gasteiger partial charge < -0.3 is 9.47 Å². The molecule has 0 heterocycles. The van der Waals surface area contributed by atoms with E-state index in [9.17, 15) is 0 Å². The second kappa shape index (κ2) is 7.02. The third-order valence-corrected chi connectivity index (χ3v) is 2.05. The Balaban J connectivity index is 4.01. The third kappa shape index (κ3) is 6.17. The number of allylic oxidation sites excluding steroid dienone is 2. The smallest absolute Gasteiger partial charge is 0.165 e. The van der Waals surface area contributed by atoms with E-state index in [0.717, 1.165) is 12.8 Å². The maximum absolute atomic E-state index is 5.60. The molecule has 0 saturated heterocycles. The Morgan fingerprint density at radius 3 is 2.00 bits per heavy atom. The zero-order chi connectivity index (χ0) is 11.0. The second-order valence-corrected chi connectivity index (χ2v) is 3.82. The van der Waals surface area contributed by atoms with Crippen LogP contribution in [0.5, 0.6) is 0 Å². The highest BCUT2D eigenvalue weighted by Gasteiger charge is 2.23. The van der Waals surface area contributed by atoms with Gasteiger partial charge in [0, 0.05) is 19.6 Å². The maximum Gasteiger partial charge on any atom is 0.165 e. The number of rotatable bonds is 7. The Morgan fingerprint density at radius 2 is 1.64 bits per heavy atom. The highest BCUT2D eigenvalue weighted by molar-refractivity contribution is 4.93. The topological polar surface area (TPSA) is 18.5 Å². The summed E-state index contributed by atoms with van der Waals surface area (Å²) in [7, 11) is 0. The minimum absolute atomic E-state index is 0.407. The van der Waals surface area contributed by atoms with Crippen molar-refractivity contribution in [2.75, 3.05) is 13.2 Å². The van der Waals surface area contributed by atoms with Crippen LogP contribution in [0, 0.1) is 0 Å². The Morgan fingerprint density at radius 1 is 1.14 bits per heavy atom. The molecule has 0 amide bonds. The van der Waals surface area contributed by atoms with Crippen LogP contribution in [0.3, 0.4) is 0 Å². The number of hydrogen-bond donors (Lipinski definition) is 0. The minimum Gasteiger partial charge on any atom is -0.351 e. The first-order valence-electron chi connectivity index (χ1n) is 5.45. The molecular weight excluding hydrogens is 176 g/mol. The van der Waals surface area contributed by atoms with E-state index < -0.39 is 5.79 Å². The van der Waals surface area contributed by atoms with Crippen LogP contribution in [-0.4, -0.2) is 19.0 Å².